The molecule has 60 valence electrons. The second-order valence-corrected chi connectivity index (χ2v) is 2.41. The van der Waals surface area contributed by atoms with Crippen molar-refractivity contribution in [3.05, 3.63) is 40.6 Å². The normalized spacial score (nSPS) is 11.5. The summed E-state index contributed by atoms with van der Waals surface area (Å²) in [6.45, 7) is 0. The van der Waals surface area contributed by atoms with Crippen LogP contribution in [0.15, 0.2) is 30.4 Å². The minimum atomic E-state index is -0.449. The highest BCUT2D eigenvalue weighted by atomic mass is 16.6. The Hall–Kier alpha value is -1.84. The first kappa shape index (κ1) is 5.77. The first-order chi connectivity index (χ1) is 6.18. The molecular formula is C8H6N2O2. The Kier molecular flexibility index (Phi) is 1.12. The predicted molar refractivity (Wildman–Crippen MR) is 45.0 cm³/mol. The molecule has 0 unspecified atom stereocenters. The summed E-state index contributed by atoms with van der Waals surface area (Å²) in [7, 11) is 0. The van der Waals surface area contributed by atoms with Crippen molar-refractivity contribution in [2.24, 2.45) is 0 Å². The number of benzene rings is 1. The van der Waals surface area contributed by atoms with Gasteiger partial charge in [0, 0.05) is 12.2 Å². The lowest BCUT2D eigenvalue weighted by atomic mass is 10.2. The molecule has 0 bridgehead atoms. The zero-order valence-corrected chi connectivity index (χ0v) is 6.07. The highest BCUT2D eigenvalue weighted by Crippen LogP contribution is 2.23. The maximum atomic E-state index is 10.6. The van der Waals surface area contributed by atoms with Crippen LogP contribution in [0.2, 0.25) is 0 Å². The summed E-state index contributed by atoms with van der Waals surface area (Å²) < 4.78 is 7.28. The summed E-state index contributed by atoms with van der Waals surface area (Å²) in [5, 5.41) is 11.0. The topological polar surface area (TPSA) is 58.9 Å². The number of hydrogen-bond donors (Lipinski definition) is 1. The van der Waals surface area contributed by atoms with Gasteiger partial charge in [-0.2, -0.15) is 0 Å². The molecule has 4 heteroatoms. The third kappa shape index (κ3) is 0.852. The summed E-state index contributed by atoms with van der Waals surface area (Å²) in [6.07, 6.45) is 0.185. The van der Waals surface area contributed by atoms with Gasteiger partial charge in [-0.15, -0.1) is 0 Å². The zero-order chi connectivity index (χ0) is 9.42. The molecule has 1 heterocycles. The standard InChI is InChI=1S/C8H6N2O2/c11-10(12)8-3-1-2-7-6(8)4-5-9-7/h1-5,9H/i5D. The largest absolute Gasteiger partial charge is 0.361 e. The van der Waals surface area contributed by atoms with Crippen molar-refractivity contribution in [2.75, 3.05) is 0 Å². The molecule has 12 heavy (non-hydrogen) atoms. The molecule has 0 saturated heterocycles. The number of nitro benzene ring substituents is 1. The van der Waals surface area contributed by atoms with Gasteiger partial charge in [0.2, 0.25) is 0 Å². The first-order valence-electron chi connectivity index (χ1n) is 3.91. The summed E-state index contributed by atoms with van der Waals surface area (Å²) in [5.41, 5.74) is 0.659. The van der Waals surface area contributed by atoms with E-state index < -0.39 is 4.92 Å². The molecule has 1 N–H and O–H groups in total. The third-order valence-corrected chi connectivity index (χ3v) is 1.70. The van der Waals surface area contributed by atoms with E-state index in [1.165, 1.54) is 12.1 Å². The SMILES string of the molecule is [2H]c1cc2c([N+](=O)[O-])cccc2[nH]1. The van der Waals surface area contributed by atoms with Crippen LogP contribution in [-0.4, -0.2) is 9.91 Å². The van der Waals surface area contributed by atoms with Crippen LogP contribution in [-0.2, 0) is 0 Å². The monoisotopic (exact) mass is 163 g/mol. The van der Waals surface area contributed by atoms with Gasteiger partial charge < -0.3 is 4.98 Å². The number of rotatable bonds is 1. The van der Waals surface area contributed by atoms with Crippen molar-refractivity contribution in [1.82, 2.24) is 4.98 Å². The van der Waals surface area contributed by atoms with Gasteiger partial charge in [-0.1, -0.05) is 6.07 Å². The number of aromatic amines is 1. The Morgan fingerprint density at radius 1 is 1.50 bits per heavy atom. The fourth-order valence-electron chi connectivity index (χ4n) is 1.16. The number of H-pyrrole nitrogens is 1. The first-order valence-corrected chi connectivity index (χ1v) is 3.41. The van der Waals surface area contributed by atoms with Crippen LogP contribution in [0, 0.1) is 10.1 Å². The summed E-state index contributed by atoms with van der Waals surface area (Å²) in [5.74, 6) is 0. The van der Waals surface area contributed by atoms with E-state index in [0.717, 1.165) is 0 Å². The van der Waals surface area contributed by atoms with E-state index in [-0.39, 0.29) is 11.9 Å². The Balaban J connectivity index is 2.82. The van der Waals surface area contributed by atoms with E-state index >= 15 is 0 Å². The number of nitrogens with one attached hydrogen (secondary N) is 1. The number of non-ortho nitro benzene ring substituents is 1. The van der Waals surface area contributed by atoms with Crippen molar-refractivity contribution in [1.29, 1.82) is 0 Å². The average molecular weight is 163 g/mol. The van der Waals surface area contributed by atoms with Crippen molar-refractivity contribution in [3.8, 4) is 0 Å². The van der Waals surface area contributed by atoms with Crippen LogP contribution in [0.3, 0.4) is 0 Å². The third-order valence-electron chi connectivity index (χ3n) is 1.70. The molecule has 0 radical (unpaired) electrons. The van der Waals surface area contributed by atoms with Crippen molar-refractivity contribution < 1.29 is 6.29 Å². The number of nitro groups is 1. The van der Waals surface area contributed by atoms with Crippen molar-refractivity contribution in [2.45, 2.75) is 0 Å². The maximum absolute atomic E-state index is 10.6. The van der Waals surface area contributed by atoms with Crippen LogP contribution in [0.4, 0.5) is 5.69 Å². The van der Waals surface area contributed by atoms with Gasteiger partial charge in [0.05, 0.1) is 17.2 Å². The maximum Gasteiger partial charge on any atom is 0.278 e. The predicted octanol–water partition coefficient (Wildman–Crippen LogP) is 2.08. The fraction of sp³-hybridized carbons (Fsp3) is 0. The lowest BCUT2D eigenvalue weighted by Crippen LogP contribution is -1.87. The molecule has 0 aliphatic rings. The molecule has 1 aromatic heterocycles. The molecule has 4 nitrogen and oxygen atoms in total. The molecule has 1 aromatic carbocycles. The minimum Gasteiger partial charge on any atom is -0.361 e. The highest BCUT2D eigenvalue weighted by Gasteiger charge is 2.10. The second-order valence-electron chi connectivity index (χ2n) is 2.41. The average Bonchev–Trinajstić information content (AvgIpc) is 2.43. The van der Waals surface area contributed by atoms with Gasteiger partial charge in [-0.3, -0.25) is 10.1 Å². The van der Waals surface area contributed by atoms with E-state index in [9.17, 15) is 10.1 Å². The summed E-state index contributed by atoms with van der Waals surface area (Å²) in [6, 6.07) is 6.18. The Bertz CT molecular complexity index is 478. The van der Waals surface area contributed by atoms with Gasteiger partial charge >= 0.3 is 0 Å². The quantitative estimate of drug-likeness (QED) is 0.516. The van der Waals surface area contributed by atoms with E-state index in [1.807, 2.05) is 0 Å². The molecule has 0 fully saturated rings. The van der Waals surface area contributed by atoms with Crippen molar-refractivity contribution >= 4 is 16.6 Å². The lowest BCUT2D eigenvalue weighted by Gasteiger charge is -1.91. The second kappa shape index (κ2) is 2.34. The smallest absolute Gasteiger partial charge is 0.278 e. The molecule has 0 spiro atoms. The minimum absolute atomic E-state index is 0.0345. The number of nitrogens with zero attached hydrogens (tertiary/aromatic N) is 1. The van der Waals surface area contributed by atoms with E-state index in [2.05, 4.69) is 4.98 Å². The Morgan fingerprint density at radius 2 is 2.33 bits per heavy atom. The molecule has 0 aliphatic heterocycles. The van der Waals surface area contributed by atoms with Gasteiger partial charge in [-0.05, 0) is 12.1 Å². The fourth-order valence-corrected chi connectivity index (χ4v) is 1.16. The molecule has 2 rings (SSSR count). The van der Waals surface area contributed by atoms with Crippen LogP contribution in [0.1, 0.15) is 1.37 Å². The number of fused-ring (bicyclic) bond motifs is 1. The Labute approximate surface area is 69.4 Å². The van der Waals surface area contributed by atoms with E-state index in [0.29, 0.717) is 10.9 Å². The van der Waals surface area contributed by atoms with Crippen LogP contribution in [0.5, 0.6) is 0 Å². The molecule has 0 aliphatic carbocycles. The molecule has 0 amide bonds. The molecular weight excluding hydrogens is 156 g/mol. The van der Waals surface area contributed by atoms with E-state index in [1.54, 1.807) is 12.1 Å². The van der Waals surface area contributed by atoms with Gasteiger partial charge in [-0.25, -0.2) is 0 Å². The van der Waals surface area contributed by atoms with Crippen LogP contribution >= 0.6 is 0 Å². The lowest BCUT2D eigenvalue weighted by molar-refractivity contribution is -0.383. The van der Waals surface area contributed by atoms with Crippen LogP contribution < -0.4 is 0 Å². The zero-order valence-electron chi connectivity index (χ0n) is 7.07. The van der Waals surface area contributed by atoms with Gasteiger partial charge in [0.1, 0.15) is 0 Å². The van der Waals surface area contributed by atoms with Crippen LogP contribution in [0.25, 0.3) is 10.9 Å². The summed E-state index contributed by atoms with van der Waals surface area (Å²) in [4.78, 5) is 12.8. The van der Waals surface area contributed by atoms with Gasteiger partial charge in [0.15, 0.2) is 0 Å². The van der Waals surface area contributed by atoms with Gasteiger partial charge in [0.25, 0.3) is 5.69 Å². The Morgan fingerprint density at radius 3 is 3.08 bits per heavy atom. The summed E-state index contributed by atoms with van der Waals surface area (Å²) >= 11 is 0. The molecule has 0 saturated carbocycles. The number of aromatic nitrogens is 1. The van der Waals surface area contributed by atoms with E-state index in [4.69, 9.17) is 1.37 Å². The highest BCUT2D eigenvalue weighted by molar-refractivity contribution is 5.88. The number of hydrogen-bond acceptors (Lipinski definition) is 2. The van der Waals surface area contributed by atoms with Crippen molar-refractivity contribution in [3.63, 3.8) is 0 Å². The molecule has 0 atom stereocenters. The molecule has 2 aromatic rings.